The van der Waals surface area contributed by atoms with Gasteiger partial charge >= 0.3 is 11.9 Å². The van der Waals surface area contributed by atoms with E-state index >= 15 is 0 Å². The highest BCUT2D eigenvalue weighted by molar-refractivity contribution is 5.90. The third-order valence-electron chi connectivity index (χ3n) is 4.61. The average molecular weight is 421 g/mol. The third-order valence-corrected chi connectivity index (χ3v) is 4.61. The van der Waals surface area contributed by atoms with E-state index in [4.69, 9.17) is 9.47 Å². The molecule has 0 aliphatic rings. The Morgan fingerprint density at radius 2 is 1.71 bits per heavy atom. The lowest BCUT2D eigenvalue weighted by Gasteiger charge is -2.23. The number of nitrogens with one attached hydrogen (secondary N) is 1. The third kappa shape index (κ3) is 6.04. The summed E-state index contributed by atoms with van der Waals surface area (Å²) in [5, 5.41) is 0. The van der Waals surface area contributed by atoms with Gasteiger partial charge in [-0.15, -0.1) is 0 Å². The van der Waals surface area contributed by atoms with Crippen LogP contribution in [0.5, 0.6) is 0 Å². The Kier molecular flexibility index (Phi) is 6.90. The fourth-order valence-electron chi connectivity index (χ4n) is 3.18. The summed E-state index contributed by atoms with van der Waals surface area (Å²) in [6.45, 7) is 7.66. The van der Waals surface area contributed by atoms with E-state index in [-0.39, 0.29) is 11.9 Å². The summed E-state index contributed by atoms with van der Waals surface area (Å²) in [6, 6.07) is 16.9. The molecule has 0 saturated carbocycles. The van der Waals surface area contributed by atoms with E-state index in [9.17, 15) is 9.59 Å². The molecule has 3 rings (SSSR count). The van der Waals surface area contributed by atoms with Gasteiger partial charge in [-0.25, -0.2) is 9.78 Å². The molecule has 0 fully saturated rings. The second kappa shape index (κ2) is 9.60. The first-order chi connectivity index (χ1) is 14.8. The zero-order valence-corrected chi connectivity index (χ0v) is 18.3. The zero-order chi connectivity index (χ0) is 22.4. The number of carbonyl (C=O) groups is 2. The Morgan fingerprint density at radius 1 is 1.03 bits per heavy atom. The maximum absolute atomic E-state index is 13.0. The van der Waals surface area contributed by atoms with E-state index in [2.05, 4.69) is 9.97 Å². The lowest BCUT2D eigenvalue weighted by Crippen LogP contribution is -2.29. The number of hydrogen-bond donors (Lipinski definition) is 1. The fourth-order valence-corrected chi connectivity index (χ4v) is 3.18. The number of ether oxygens (including phenoxy) is 2. The van der Waals surface area contributed by atoms with Crippen molar-refractivity contribution >= 4 is 11.9 Å². The molecule has 0 spiro atoms. The van der Waals surface area contributed by atoms with E-state index in [1.807, 2.05) is 63.2 Å². The van der Waals surface area contributed by atoms with E-state index < -0.39 is 11.5 Å². The number of H-pyrrole nitrogens is 1. The molecule has 162 valence electrons. The molecule has 6 nitrogen and oxygen atoms in total. The largest absolute Gasteiger partial charge is 0.462 e. The van der Waals surface area contributed by atoms with Crippen molar-refractivity contribution in [2.45, 2.75) is 45.6 Å². The highest BCUT2D eigenvalue weighted by Crippen LogP contribution is 2.26. The monoisotopic (exact) mass is 420 g/mol. The summed E-state index contributed by atoms with van der Waals surface area (Å²) in [4.78, 5) is 32.6. The molecular formula is C25H28N2O4. The number of carbonyl (C=O) groups excluding carboxylic acids is 2. The molecule has 31 heavy (non-hydrogen) atoms. The summed E-state index contributed by atoms with van der Waals surface area (Å²) in [5.41, 5.74) is 2.53. The Bertz CT molecular complexity index is 1020. The predicted molar refractivity (Wildman–Crippen MR) is 119 cm³/mol. The number of nitrogens with zero attached hydrogens (tertiary/aromatic N) is 1. The quantitative estimate of drug-likeness (QED) is 0.549. The minimum absolute atomic E-state index is 0.324. The topological polar surface area (TPSA) is 81.3 Å². The van der Waals surface area contributed by atoms with Gasteiger partial charge in [0.25, 0.3) is 0 Å². The normalized spacial score (nSPS) is 12.3. The van der Waals surface area contributed by atoms with Crippen LogP contribution < -0.4 is 0 Å². The lowest BCUT2D eigenvalue weighted by atomic mass is 9.98. The molecule has 0 radical (unpaired) electrons. The maximum Gasteiger partial charge on any atom is 0.338 e. The summed E-state index contributed by atoms with van der Waals surface area (Å²) in [6.07, 6.45) is 2.17. The van der Waals surface area contributed by atoms with E-state index in [1.54, 1.807) is 25.3 Å². The van der Waals surface area contributed by atoms with Gasteiger partial charge in [0.05, 0.1) is 24.1 Å². The lowest BCUT2D eigenvalue weighted by molar-refractivity contribution is -0.156. The summed E-state index contributed by atoms with van der Waals surface area (Å²) < 4.78 is 10.7. The SMILES string of the molecule is CCOC(=O)c1ccc(-c2cnc(C(Cc3ccccc3)C(=O)OC(C)(C)C)[nH]2)cc1. The van der Waals surface area contributed by atoms with Crippen molar-refractivity contribution < 1.29 is 19.1 Å². The van der Waals surface area contributed by atoms with Gasteiger partial charge in [0.1, 0.15) is 17.3 Å². The molecule has 1 heterocycles. The van der Waals surface area contributed by atoms with Gasteiger partial charge < -0.3 is 14.5 Å². The van der Waals surface area contributed by atoms with Gasteiger partial charge in [-0.1, -0.05) is 42.5 Å². The number of benzene rings is 2. The molecule has 1 atom stereocenters. The standard InChI is InChI=1S/C25H28N2O4/c1-5-30-23(28)19-13-11-18(12-14-19)21-16-26-22(27-21)20(24(29)31-25(2,3)4)15-17-9-7-6-8-10-17/h6-14,16,20H,5,15H2,1-4H3,(H,26,27). The molecule has 1 aromatic heterocycles. The van der Waals surface area contributed by atoms with Crippen LogP contribution in [0, 0.1) is 0 Å². The number of esters is 2. The van der Waals surface area contributed by atoms with Crippen LogP contribution in [0.3, 0.4) is 0 Å². The molecule has 2 aromatic carbocycles. The zero-order valence-electron chi connectivity index (χ0n) is 18.3. The van der Waals surface area contributed by atoms with Crippen LogP contribution in [0.25, 0.3) is 11.3 Å². The van der Waals surface area contributed by atoms with Gasteiger partial charge in [-0.3, -0.25) is 4.79 Å². The van der Waals surface area contributed by atoms with Gasteiger partial charge in [-0.05, 0) is 57.4 Å². The molecule has 0 bridgehead atoms. The van der Waals surface area contributed by atoms with Crippen LogP contribution in [0.15, 0.2) is 60.8 Å². The van der Waals surface area contributed by atoms with Crippen LogP contribution >= 0.6 is 0 Å². The molecule has 1 N–H and O–H groups in total. The average Bonchev–Trinajstić information content (AvgIpc) is 3.21. The van der Waals surface area contributed by atoms with Crippen LogP contribution in [-0.4, -0.2) is 34.1 Å². The van der Waals surface area contributed by atoms with Crippen molar-refractivity contribution in [1.82, 2.24) is 9.97 Å². The first-order valence-corrected chi connectivity index (χ1v) is 10.4. The minimum atomic E-state index is -0.593. The smallest absolute Gasteiger partial charge is 0.338 e. The van der Waals surface area contributed by atoms with Crippen molar-refractivity contribution in [3.05, 3.63) is 77.7 Å². The molecule has 3 aromatic rings. The molecule has 6 heteroatoms. The van der Waals surface area contributed by atoms with Gasteiger partial charge in [0, 0.05) is 0 Å². The molecular weight excluding hydrogens is 392 g/mol. The van der Waals surface area contributed by atoms with Crippen LogP contribution in [-0.2, 0) is 20.7 Å². The van der Waals surface area contributed by atoms with Crippen molar-refractivity contribution in [2.75, 3.05) is 6.61 Å². The summed E-state index contributed by atoms with van der Waals surface area (Å²) >= 11 is 0. The molecule has 0 saturated heterocycles. The Morgan fingerprint density at radius 3 is 2.32 bits per heavy atom. The second-order valence-corrected chi connectivity index (χ2v) is 8.26. The predicted octanol–water partition coefficient (Wildman–Crippen LogP) is 4.92. The van der Waals surface area contributed by atoms with Gasteiger partial charge in [-0.2, -0.15) is 0 Å². The van der Waals surface area contributed by atoms with Crippen molar-refractivity contribution in [3.63, 3.8) is 0 Å². The molecule has 0 aliphatic heterocycles. The van der Waals surface area contributed by atoms with E-state index in [1.165, 1.54) is 0 Å². The van der Waals surface area contributed by atoms with Crippen molar-refractivity contribution in [1.29, 1.82) is 0 Å². The molecule has 0 aliphatic carbocycles. The van der Waals surface area contributed by atoms with Crippen molar-refractivity contribution in [2.24, 2.45) is 0 Å². The highest BCUT2D eigenvalue weighted by atomic mass is 16.6. The minimum Gasteiger partial charge on any atom is -0.462 e. The van der Waals surface area contributed by atoms with Crippen molar-refractivity contribution in [3.8, 4) is 11.3 Å². The van der Waals surface area contributed by atoms with Crippen LogP contribution in [0.1, 0.15) is 55.4 Å². The summed E-state index contributed by atoms with van der Waals surface area (Å²) in [5.74, 6) is -0.695. The Labute approximate surface area is 182 Å². The number of hydrogen-bond acceptors (Lipinski definition) is 5. The van der Waals surface area contributed by atoms with Gasteiger partial charge in [0.15, 0.2) is 0 Å². The van der Waals surface area contributed by atoms with Gasteiger partial charge in [0.2, 0.25) is 0 Å². The Hall–Kier alpha value is -3.41. The Balaban J connectivity index is 1.85. The number of rotatable bonds is 7. The molecule has 0 amide bonds. The first kappa shape index (κ1) is 22.3. The van der Waals surface area contributed by atoms with Crippen LogP contribution in [0.4, 0.5) is 0 Å². The number of aromatic amines is 1. The maximum atomic E-state index is 13.0. The van der Waals surface area contributed by atoms with E-state index in [0.29, 0.717) is 24.4 Å². The highest BCUT2D eigenvalue weighted by Gasteiger charge is 2.29. The fraction of sp³-hybridized carbons (Fsp3) is 0.320. The van der Waals surface area contributed by atoms with E-state index in [0.717, 1.165) is 16.8 Å². The summed E-state index contributed by atoms with van der Waals surface area (Å²) in [7, 11) is 0. The van der Waals surface area contributed by atoms with Crippen LogP contribution in [0.2, 0.25) is 0 Å². The number of aromatic nitrogens is 2. The number of imidazole rings is 1. The molecule has 1 unspecified atom stereocenters. The first-order valence-electron chi connectivity index (χ1n) is 10.4. The second-order valence-electron chi connectivity index (χ2n) is 8.26.